The molecule has 0 fully saturated rings. The van der Waals surface area contributed by atoms with Crippen LogP contribution in [-0.4, -0.2) is 8.42 Å². The van der Waals surface area contributed by atoms with Gasteiger partial charge in [0.2, 0.25) is 0 Å². The first-order chi connectivity index (χ1) is 12.3. The van der Waals surface area contributed by atoms with E-state index in [2.05, 4.69) is 17.4 Å². The predicted molar refractivity (Wildman–Crippen MR) is 96.3 cm³/mol. The first-order valence-electron chi connectivity index (χ1n) is 7.34. The lowest BCUT2D eigenvalue weighted by atomic mass is 10.0. The molecule has 0 unspecified atom stereocenters. The van der Waals surface area contributed by atoms with Gasteiger partial charge in [-0.15, -0.1) is 12.6 Å². The van der Waals surface area contributed by atoms with E-state index < -0.39 is 27.5 Å². The molecule has 0 spiro atoms. The molecular weight excluding hydrogens is 383 g/mol. The third-order valence-corrected chi connectivity index (χ3v) is 5.41. The van der Waals surface area contributed by atoms with Crippen LogP contribution in [0.1, 0.15) is 0 Å². The van der Waals surface area contributed by atoms with Gasteiger partial charge in [-0.3, -0.25) is 4.72 Å². The minimum atomic E-state index is -3.99. The SMILES string of the molecule is O=S(=O)(Nc1ccc(-c2cc(F)cc(F)c2)c(S)c1F)c1ccccc1. The van der Waals surface area contributed by atoms with Gasteiger partial charge in [-0.2, -0.15) is 0 Å². The van der Waals surface area contributed by atoms with Crippen LogP contribution in [0.2, 0.25) is 0 Å². The molecule has 26 heavy (non-hydrogen) atoms. The fourth-order valence-electron chi connectivity index (χ4n) is 2.39. The van der Waals surface area contributed by atoms with Crippen LogP contribution < -0.4 is 4.72 Å². The first kappa shape index (κ1) is 18.3. The molecular formula is C18H12F3NO2S2. The molecule has 3 rings (SSSR count). The predicted octanol–water partition coefficient (Wildman–Crippen LogP) is 4.86. The Kier molecular flexibility index (Phi) is 4.97. The van der Waals surface area contributed by atoms with E-state index in [1.54, 1.807) is 6.07 Å². The van der Waals surface area contributed by atoms with E-state index in [4.69, 9.17) is 0 Å². The van der Waals surface area contributed by atoms with E-state index in [1.165, 1.54) is 36.4 Å². The van der Waals surface area contributed by atoms with Crippen LogP contribution in [0, 0.1) is 17.5 Å². The number of thiol groups is 1. The summed E-state index contributed by atoms with van der Waals surface area (Å²) < 4.78 is 68.1. The van der Waals surface area contributed by atoms with Crippen molar-refractivity contribution in [2.45, 2.75) is 9.79 Å². The maximum Gasteiger partial charge on any atom is 0.261 e. The van der Waals surface area contributed by atoms with Gasteiger partial charge in [0, 0.05) is 11.0 Å². The van der Waals surface area contributed by atoms with Crippen molar-refractivity contribution < 1.29 is 21.6 Å². The largest absolute Gasteiger partial charge is 0.277 e. The Morgan fingerprint density at radius 3 is 2.08 bits per heavy atom. The zero-order valence-electron chi connectivity index (χ0n) is 13.1. The van der Waals surface area contributed by atoms with Crippen molar-refractivity contribution in [3.63, 3.8) is 0 Å². The number of sulfonamides is 1. The summed E-state index contributed by atoms with van der Waals surface area (Å²) in [5, 5.41) is 0. The second kappa shape index (κ2) is 7.05. The molecule has 0 saturated carbocycles. The third kappa shape index (κ3) is 3.71. The number of anilines is 1. The van der Waals surface area contributed by atoms with Crippen molar-refractivity contribution in [1.29, 1.82) is 0 Å². The lowest BCUT2D eigenvalue weighted by Gasteiger charge is -2.13. The molecule has 0 amide bonds. The minimum absolute atomic E-state index is 0.0311. The molecule has 0 aliphatic rings. The molecule has 0 heterocycles. The van der Waals surface area contributed by atoms with Gasteiger partial charge in [0.15, 0.2) is 5.82 Å². The van der Waals surface area contributed by atoms with Gasteiger partial charge in [0.1, 0.15) is 11.6 Å². The van der Waals surface area contributed by atoms with Crippen LogP contribution in [0.25, 0.3) is 11.1 Å². The Hall–Kier alpha value is -2.45. The number of benzene rings is 3. The van der Waals surface area contributed by atoms with Crippen LogP contribution in [0.15, 0.2) is 70.5 Å². The maximum absolute atomic E-state index is 14.6. The van der Waals surface area contributed by atoms with Crippen molar-refractivity contribution in [2.75, 3.05) is 4.72 Å². The summed E-state index contributed by atoms with van der Waals surface area (Å²) >= 11 is 4.04. The average Bonchev–Trinajstić information content (AvgIpc) is 2.59. The van der Waals surface area contributed by atoms with Crippen molar-refractivity contribution in [3.05, 3.63) is 78.1 Å². The molecule has 3 aromatic rings. The summed E-state index contributed by atoms with van der Waals surface area (Å²) in [4.78, 5) is -0.264. The monoisotopic (exact) mass is 395 g/mol. The van der Waals surface area contributed by atoms with Gasteiger partial charge >= 0.3 is 0 Å². The highest BCUT2D eigenvalue weighted by Crippen LogP contribution is 2.34. The van der Waals surface area contributed by atoms with Crippen molar-refractivity contribution >= 4 is 28.3 Å². The van der Waals surface area contributed by atoms with Crippen LogP contribution in [0.3, 0.4) is 0 Å². The minimum Gasteiger partial charge on any atom is -0.277 e. The highest BCUT2D eigenvalue weighted by molar-refractivity contribution is 7.92. The fourth-order valence-corrected chi connectivity index (χ4v) is 3.79. The standard InChI is InChI=1S/C18H12F3NO2S2/c19-12-8-11(9-13(20)10-12)15-6-7-16(17(21)18(15)25)22-26(23,24)14-4-2-1-3-5-14/h1-10,22,25H. The Bertz CT molecular complexity index is 1050. The maximum atomic E-state index is 14.6. The third-order valence-electron chi connectivity index (χ3n) is 3.59. The smallest absolute Gasteiger partial charge is 0.261 e. The number of hydrogen-bond acceptors (Lipinski definition) is 3. The second-order valence-corrected chi connectivity index (χ2v) is 7.53. The number of halogens is 3. The van der Waals surface area contributed by atoms with E-state index >= 15 is 0 Å². The van der Waals surface area contributed by atoms with Crippen LogP contribution >= 0.6 is 12.6 Å². The molecule has 3 nitrogen and oxygen atoms in total. The Morgan fingerprint density at radius 1 is 0.846 bits per heavy atom. The molecule has 0 bridgehead atoms. The summed E-state index contributed by atoms with van der Waals surface area (Å²) in [5.41, 5.74) is -0.102. The lowest BCUT2D eigenvalue weighted by Crippen LogP contribution is -2.14. The summed E-state index contributed by atoms with van der Waals surface area (Å²) in [6.45, 7) is 0. The van der Waals surface area contributed by atoms with Gasteiger partial charge in [-0.05, 0) is 41.5 Å². The Morgan fingerprint density at radius 2 is 1.46 bits per heavy atom. The average molecular weight is 395 g/mol. The summed E-state index contributed by atoms with van der Waals surface area (Å²) in [5.74, 6) is -2.58. The van der Waals surface area contributed by atoms with Crippen LogP contribution in [0.4, 0.5) is 18.9 Å². The molecule has 1 N–H and O–H groups in total. The van der Waals surface area contributed by atoms with Crippen LogP contribution in [-0.2, 0) is 10.0 Å². The fraction of sp³-hybridized carbons (Fsp3) is 0. The van der Waals surface area contributed by atoms with Crippen LogP contribution in [0.5, 0.6) is 0 Å². The molecule has 0 aromatic heterocycles. The molecule has 8 heteroatoms. The molecule has 0 atom stereocenters. The van der Waals surface area contributed by atoms with Crippen molar-refractivity contribution in [1.82, 2.24) is 0 Å². The zero-order chi connectivity index (χ0) is 18.9. The molecule has 0 saturated heterocycles. The van der Waals surface area contributed by atoms with Crippen molar-refractivity contribution in [3.8, 4) is 11.1 Å². The Balaban J connectivity index is 2.00. The molecule has 0 aliphatic carbocycles. The quantitative estimate of drug-likeness (QED) is 0.620. The van der Waals surface area contributed by atoms with Gasteiger partial charge < -0.3 is 0 Å². The molecule has 3 aromatic carbocycles. The zero-order valence-corrected chi connectivity index (χ0v) is 14.8. The van der Waals surface area contributed by atoms with E-state index in [0.29, 0.717) is 6.07 Å². The highest BCUT2D eigenvalue weighted by atomic mass is 32.2. The van der Waals surface area contributed by atoms with E-state index in [-0.39, 0.29) is 26.6 Å². The topological polar surface area (TPSA) is 46.2 Å². The van der Waals surface area contributed by atoms with Gasteiger partial charge in [-0.25, -0.2) is 21.6 Å². The highest BCUT2D eigenvalue weighted by Gasteiger charge is 2.19. The van der Waals surface area contributed by atoms with Gasteiger partial charge in [-0.1, -0.05) is 24.3 Å². The number of hydrogen-bond donors (Lipinski definition) is 2. The van der Waals surface area contributed by atoms with Gasteiger partial charge in [0.05, 0.1) is 10.6 Å². The first-order valence-corrected chi connectivity index (χ1v) is 9.27. The summed E-state index contributed by atoms with van der Waals surface area (Å²) in [7, 11) is -3.99. The molecule has 0 radical (unpaired) electrons. The lowest BCUT2D eigenvalue weighted by molar-refractivity contribution is 0.583. The van der Waals surface area contributed by atoms with Crippen molar-refractivity contribution in [2.24, 2.45) is 0 Å². The van der Waals surface area contributed by atoms with E-state index in [1.807, 2.05) is 0 Å². The number of rotatable bonds is 4. The van der Waals surface area contributed by atoms with E-state index in [0.717, 1.165) is 12.1 Å². The van der Waals surface area contributed by atoms with Gasteiger partial charge in [0.25, 0.3) is 10.0 Å². The summed E-state index contributed by atoms with van der Waals surface area (Å²) in [6.07, 6.45) is 0. The number of nitrogens with one attached hydrogen (secondary N) is 1. The summed E-state index contributed by atoms with van der Waals surface area (Å²) in [6, 6.07) is 12.7. The van der Waals surface area contributed by atoms with E-state index in [9.17, 15) is 21.6 Å². The Labute approximate surface area is 154 Å². The molecule has 134 valence electrons. The molecule has 0 aliphatic heterocycles. The second-order valence-electron chi connectivity index (χ2n) is 5.40. The normalized spacial score (nSPS) is 11.4.